The highest BCUT2D eigenvalue weighted by Gasteiger charge is 2.51. The number of carbonyl (C=O) groups is 1. The van der Waals surface area contributed by atoms with Gasteiger partial charge in [-0.25, -0.2) is 0 Å². The predicted octanol–water partition coefficient (Wildman–Crippen LogP) is 2.72. The lowest BCUT2D eigenvalue weighted by molar-refractivity contribution is -0.123. The van der Waals surface area contributed by atoms with Crippen LogP contribution < -0.4 is 10.1 Å². The van der Waals surface area contributed by atoms with Crippen LogP contribution in [0.2, 0.25) is 0 Å². The van der Waals surface area contributed by atoms with Crippen LogP contribution in [0.25, 0.3) is 0 Å². The van der Waals surface area contributed by atoms with Crippen LogP contribution in [0.4, 0.5) is 0 Å². The number of carbonyl (C=O) groups excluding carboxylic acids is 1. The fourth-order valence-electron chi connectivity index (χ4n) is 3.28. The minimum atomic E-state index is -0.336. The van der Waals surface area contributed by atoms with E-state index in [9.17, 15) is 4.79 Å². The summed E-state index contributed by atoms with van der Waals surface area (Å²) in [6, 6.07) is 6.11. The van der Waals surface area contributed by atoms with E-state index in [1.807, 2.05) is 19.1 Å². The van der Waals surface area contributed by atoms with Crippen molar-refractivity contribution in [3.8, 4) is 5.75 Å². The van der Waals surface area contributed by atoms with Gasteiger partial charge in [0.05, 0.1) is 18.6 Å². The average Bonchev–Trinajstić information content (AvgIpc) is 3.18. The molecule has 0 bridgehead atoms. The molecule has 1 saturated heterocycles. The van der Waals surface area contributed by atoms with E-state index in [-0.39, 0.29) is 11.3 Å². The molecule has 1 amide bonds. The SMILES string of the molecule is COc1cc(C2(C(=O)NCC[C@H]3CCCO3)CC2)ccc1C. The predicted molar refractivity (Wildman–Crippen MR) is 85.2 cm³/mol. The third-order valence-corrected chi connectivity index (χ3v) is 4.92. The van der Waals surface area contributed by atoms with Crippen molar-refractivity contribution in [2.75, 3.05) is 20.3 Å². The highest BCUT2D eigenvalue weighted by Crippen LogP contribution is 2.49. The third-order valence-electron chi connectivity index (χ3n) is 4.92. The van der Waals surface area contributed by atoms with Crippen molar-refractivity contribution in [1.29, 1.82) is 0 Å². The number of nitrogens with one attached hydrogen (secondary N) is 1. The molecule has 1 aromatic carbocycles. The summed E-state index contributed by atoms with van der Waals surface area (Å²) in [7, 11) is 1.67. The minimum absolute atomic E-state index is 0.149. The molecule has 4 heteroatoms. The summed E-state index contributed by atoms with van der Waals surface area (Å²) >= 11 is 0. The Kier molecular flexibility index (Phi) is 4.39. The molecule has 1 aromatic rings. The highest BCUT2D eigenvalue weighted by molar-refractivity contribution is 5.91. The van der Waals surface area contributed by atoms with Crippen LogP contribution in [-0.2, 0) is 14.9 Å². The van der Waals surface area contributed by atoms with Gasteiger partial charge in [-0.3, -0.25) is 4.79 Å². The summed E-state index contributed by atoms with van der Waals surface area (Å²) in [6.45, 7) is 3.59. The summed E-state index contributed by atoms with van der Waals surface area (Å²) in [5, 5.41) is 3.10. The maximum atomic E-state index is 12.6. The number of amides is 1. The van der Waals surface area contributed by atoms with Gasteiger partial charge in [0.1, 0.15) is 5.75 Å². The molecule has 22 heavy (non-hydrogen) atoms. The van der Waals surface area contributed by atoms with Crippen molar-refractivity contribution in [2.24, 2.45) is 0 Å². The van der Waals surface area contributed by atoms with Gasteiger partial charge >= 0.3 is 0 Å². The van der Waals surface area contributed by atoms with Crippen LogP contribution in [0, 0.1) is 6.92 Å². The van der Waals surface area contributed by atoms with E-state index in [0.29, 0.717) is 12.6 Å². The second kappa shape index (κ2) is 6.29. The second-order valence-electron chi connectivity index (χ2n) is 6.45. The van der Waals surface area contributed by atoms with Crippen molar-refractivity contribution in [3.05, 3.63) is 29.3 Å². The number of aryl methyl sites for hydroxylation is 1. The zero-order valence-electron chi connectivity index (χ0n) is 13.5. The molecule has 2 fully saturated rings. The van der Waals surface area contributed by atoms with Crippen LogP contribution in [-0.4, -0.2) is 32.3 Å². The molecule has 120 valence electrons. The summed E-state index contributed by atoms with van der Waals surface area (Å²) in [6.07, 6.45) is 5.35. The van der Waals surface area contributed by atoms with Crippen molar-refractivity contribution < 1.29 is 14.3 Å². The molecule has 3 rings (SSSR count). The Balaban J connectivity index is 1.61. The zero-order valence-corrected chi connectivity index (χ0v) is 13.5. The lowest BCUT2D eigenvalue weighted by Crippen LogP contribution is -2.36. The summed E-state index contributed by atoms with van der Waals surface area (Å²) in [4.78, 5) is 12.6. The van der Waals surface area contributed by atoms with Crippen molar-refractivity contribution in [3.63, 3.8) is 0 Å². The van der Waals surface area contributed by atoms with Crippen LogP contribution >= 0.6 is 0 Å². The molecule has 0 radical (unpaired) electrons. The number of ether oxygens (including phenoxy) is 2. The number of methoxy groups -OCH3 is 1. The van der Waals surface area contributed by atoms with E-state index in [4.69, 9.17) is 9.47 Å². The summed E-state index contributed by atoms with van der Waals surface area (Å²) in [5.41, 5.74) is 1.84. The van der Waals surface area contributed by atoms with Gasteiger partial charge in [-0.1, -0.05) is 12.1 Å². The molecular weight excluding hydrogens is 278 g/mol. The van der Waals surface area contributed by atoms with Gasteiger partial charge in [0.15, 0.2) is 0 Å². The van der Waals surface area contributed by atoms with Gasteiger partial charge in [0.25, 0.3) is 0 Å². The molecule has 0 aromatic heterocycles. The first-order valence-corrected chi connectivity index (χ1v) is 8.21. The molecule has 4 nitrogen and oxygen atoms in total. The molecule has 2 aliphatic rings. The first-order chi connectivity index (χ1) is 10.7. The lowest BCUT2D eigenvalue weighted by Gasteiger charge is -2.18. The molecule has 0 unspecified atom stereocenters. The first-order valence-electron chi connectivity index (χ1n) is 8.21. The molecule has 1 aliphatic heterocycles. The number of rotatable bonds is 6. The average molecular weight is 303 g/mol. The van der Waals surface area contributed by atoms with E-state index in [0.717, 1.165) is 55.6 Å². The number of hydrogen-bond donors (Lipinski definition) is 1. The summed E-state index contributed by atoms with van der Waals surface area (Å²) in [5.74, 6) is 1.01. The maximum absolute atomic E-state index is 12.6. The maximum Gasteiger partial charge on any atom is 0.230 e. The van der Waals surface area contributed by atoms with E-state index in [1.54, 1.807) is 7.11 Å². The van der Waals surface area contributed by atoms with Gasteiger partial charge in [-0.05, 0) is 56.2 Å². The molecule has 1 saturated carbocycles. The number of benzene rings is 1. The van der Waals surface area contributed by atoms with E-state index < -0.39 is 0 Å². The molecule has 1 aliphatic carbocycles. The fraction of sp³-hybridized carbons (Fsp3) is 0.611. The highest BCUT2D eigenvalue weighted by atomic mass is 16.5. The largest absolute Gasteiger partial charge is 0.496 e. The van der Waals surface area contributed by atoms with E-state index in [2.05, 4.69) is 11.4 Å². The zero-order chi connectivity index (χ0) is 15.6. The molecule has 1 heterocycles. The van der Waals surface area contributed by atoms with E-state index >= 15 is 0 Å². The third kappa shape index (κ3) is 2.98. The standard InChI is InChI=1S/C18H25NO3/c1-13-5-6-14(12-16(13)21-2)18(8-9-18)17(20)19-10-7-15-4-3-11-22-15/h5-6,12,15H,3-4,7-11H2,1-2H3,(H,19,20)/t15-/m1/s1. The topological polar surface area (TPSA) is 47.6 Å². The molecule has 1 atom stereocenters. The van der Waals surface area contributed by atoms with Crippen molar-refractivity contribution in [2.45, 2.75) is 50.5 Å². The monoisotopic (exact) mass is 303 g/mol. The Hall–Kier alpha value is -1.55. The quantitative estimate of drug-likeness (QED) is 0.879. The normalized spacial score (nSPS) is 22.4. The van der Waals surface area contributed by atoms with Crippen molar-refractivity contribution in [1.82, 2.24) is 5.32 Å². The Morgan fingerprint density at radius 3 is 2.91 bits per heavy atom. The van der Waals surface area contributed by atoms with Crippen LogP contribution in [0.3, 0.4) is 0 Å². The smallest absolute Gasteiger partial charge is 0.230 e. The first kappa shape index (κ1) is 15.3. The lowest BCUT2D eigenvalue weighted by atomic mass is 9.93. The van der Waals surface area contributed by atoms with Gasteiger partial charge in [-0.2, -0.15) is 0 Å². The minimum Gasteiger partial charge on any atom is -0.496 e. The van der Waals surface area contributed by atoms with E-state index in [1.165, 1.54) is 0 Å². The molecular formula is C18H25NO3. The van der Waals surface area contributed by atoms with Gasteiger partial charge in [0.2, 0.25) is 5.91 Å². The Labute approximate surface area is 132 Å². The molecule has 1 N–H and O–H groups in total. The Morgan fingerprint density at radius 2 is 2.27 bits per heavy atom. The van der Waals surface area contributed by atoms with Crippen LogP contribution in [0.15, 0.2) is 18.2 Å². The Bertz CT molecular complexity index is 545. The number of hydrogen-bond acceptors (Lipinski definition) is 3. The van der Waals surface area contributed by atoms with Crippen LogP contribution in [0.5, 0.6) is 5.75 Å². The Morgan fingerprint density at radius 1 is 1.45 bits per heavy atom. The molecule has 0 spiro atoms. The van der Waals surface area contributed by atoms with Crippen LogP contribution in [0.1, 0.15) is 43.2 Å². The summed E-state index contributed by atoms with van der Waals surface area (Å²) < 4.78 is 11.0. The van der Waals surface area contributed by atoms with Gasteiger partial charge in [0, 0.05) is 13.2 Å². The van der Waals surface area contributed by atoms with Gasteiger partial charge < -0.3 is 14.8 Å². The fourth-order valence-corrected chi connectivity index (χ4v) is 3.28. The van der Waals surface area contributed by atoms with Crippen molar-refractivity contribution >= 4 is 5.91 Å². The van der Waals surface area contributed by atoms with Gasteiger partial charge in [-0.15, -0.1) is 0 Å². The second-order valence-corrected chi connectivity index (χ2v) is 6.45.